The fourth-order valence-electron chi connectivity index (χ4n) is 2.65. The molecule has 0 unspecified atom stereocenters. The van der Waals surface area contributed by atoms with Crippen molar-refractivity contribution in [3.05, 3.63) is 29.6 Å². The number of rotatable bonds is 13. The first-order chi connectivity index (χ1) is 10.3. The fraction of sp³-hybridized carbons (Fsp3) is 0.737. The summed E-state index contributed by atoms with van der Waals surface area (Å²) in [5, 5.41) is 3.51. The Kier molecular flexibility index (Phi) is 11.1. The van der Waals surface area contributed by atoms with Gasteiger partial charge in [0.1, 0.15) is 0 Å². The van der Waals surface area contributed by atoms with Crippen molar-refractivity contribution in [2.24, 2.45) is 0 Å². The Balaban J connectivity index is 1.84. The van der Waals surface area contributed by atoms with E-state index in [0.717, 1.165) is 13.1 Å². The van der Waals surface area contributed by atoms with Crippen LogP contribution >= 0.6 is 0 Å². The molecule has 1 aromatic rings. The molecule has 0 aliphatic carbocycles. The van der Waals surface area contributed by atoms with Crippen LogP contribution < -0.4 is 5.32 Å². The second-order valence-electron chi connectivity index (χ2n) is 6.13. The van der Waals surface area contributed by atoms with Crippen molar-refractivity contribution in [2.75, 3.05) is 6.54 Å². The average molecular weight is 290 g/mol. The van der Waals surface area contributed by atoms with Gasteiger partial charge in [-0.15, -0.1) is 0 Å². The van der Waals surface area contributed by atoms with Crippen LogP contribution in [0.3, 0.4) is 0 Å². The third kappa shape index (κ3) is 9.62. The number of nitrogens with one attached hydrogen (secondary N) is 1. The first-order valence-electron chi connectivity index (χ1n) is 8.95. The van der Waals surface area contributed by atoms with Gasteiger partial charge in [-0.3, -0.25) is 4.98 Å². The van der Waals surface area contributed by atoms with E-state index in [1.807, 2.05) is 12.3 Å². The van der Waals surface area contributed by atoms with Gasteiger partial charge in [-0.25, -0.2) is 0 Å². The molecule has 0 fully saturated rings. The Labute approximate surface area is 131 Å². The number of aromatic nitrogens is 1. The van der Waals surface area contributed by atoms with Gasteiger partial charge in [0.05, 0.1) is 5.69 Å². The molecule has 0 aromatic carbocycles. The maximum Gasteiger partial charge on any atom is 0.0570 e. The summed E-state index contributed by atoms with van der Waals surface area (Å²) >= 11 is 0. The molecule has 1 aromatic heterocycles. The smallest absolute Gasteiger partial charge is 0.0570 e. The lowest BCUT2D eigenvalue weighted by molar-refractivity contribution is 0.542. The Morgan fingerprint density at radius 1 is 0.905 bits per heavy atom. The number of nitrogens with zero attached hydrogens (tertiary/aromatic N) is 1. The molecule has 0 amide bonds. The van der Waals surface area contributed by atoms with Gasteiger partial charge in [-0.2, -0.15) is 0 Å². The third-order valence-electron chi connectivity index (χ3n) is 4.12. The van der Waals surface area contributed by atoms with Crippen LogP contribution in [0.1, 0.15) is 82.4 Å². The predicted octanol–water partition coefficient (Wildman–Crippen LogP) is 5.40. The van der Waals surface area contributed by atoms with Gasteiger partial charge in [-0.1, -0.05) is 70.8 Å². The number of unbranched alkanes of at least 4 members (excludes halogenated alkanes) is 9. The maximum atomic E-state index is 4.40. The Bertz CT molecular complexity index is 349. The molecule has 0 bridgehead atoms. The molecule has 120 valence electrons. The van der Waals surface area contributed by atoms with Gasteiger partial charge in [0, 0.05) is 12.7 Å². The molecule has 2 heteroatoms. The minimum atomic E-state index is 0.907. The van der Waals surface area contributed by atoms with Crippen molar-refractivity contribution < 1.29 is 0 Å². The molecule has 1 N–H and O–H groups in total. The first-order valence-corrected chi connectivity index (χ1v) is 8.95. The molecule has 21 heavy (non-hydrogen) atoms. The molecule has 0 aliphatic rings. The van der Waals surface area contributed by atoms with E-state index in [1.54, 1.807) is 0 Å². The van der Waals surface area contributed by atoms with Crippen LogP contribution in [-0.4, -0.2) is 11.5 Å². The highest BCUT2D eigenvalue weighted by molar-refractivity contribution is 5.17. The topological polar surface area (TPSA) is 24.9 Å². The molecule has 0 atom stereocenters. The summed E-state index contributed by atoms with van der Waals surface area (Å²) < 4.78 is 0. The summed E-state index contributed by atoms with van der Waals surface area (Å²) in [5.74, 6) is 0. The number of hydrogen-bond acceptors (Lipinski definition) is 2. The van der Waals surface area contributed by atoms with E-state index in [2.05, 4.69) is 30.2 Å². The van der Waals surface area contributed by atoms with Gasteiger partial charge < -0.3 is 5.32 Å². The van der Waals surface area contributed by atoms with Crippen molar-refractivity contribution in [1.82, 2.24) is 10.3 Å². The Hall–Kier alpha value is -0.890. The molecule has 0 aliphatic heterocycles. The minimum absolute atomic E-state index is 0.907. The summed E-state index contributed by atoms with van der Waals surface area (Å²) in [6.45, 7) is 6.43. The molecule has 1 rings (SSSR count). The summed E-state index contributed by atoms with van der Waals surface area (Å²) in [6.07, 6.45) is 15.9. The molecule has 1 heterocycles. The van der Waals surface area contributed by atoms with E-state index >= 15 is 0 Å². The standard InChI is InChI=1S/C19H34N2/c1-3-4-5-6-7-8-9-10-11-12-15-20-17-19-18(2)14-13-16-21-19/h13-14,16,20H,3-12,15,17H2,1-2H3. The van der Waals surface area contributed by atoms with Gasteiger partial charge in [0.25, 0.3) is 0 Å². The highest BCUT2D eigenvalue weighted by Gasteiger charge is 1.97. The predicted molar refractivity (Wildman–Crippen MR) is 92.5 cm³/mol. The van der Waals surface area contributed by atoms with Crippen molar-refractivity contribution in [3.63, 3.8) is 0 Å². The quantitative estimate of drug-likeness (QED) is 0.492. The molecule has 0 saturated heterocycles. The second kappa shape index (κ2) is 12.8. The summed E-state index contributed by atoms with van der Waals surface area (Å²) in [6, 6.07) is 4.13. The van der Waals surface area contributed by atoms with Gasteiger partial charge in [0.15, 0.2) is 0 Å². The zero-order chi connectivity index (χ0) is 15.2. The second-order valence-corrected chi connectivity index (χ2v) is 6.13. The van der Waals surface area contributed by atoms with Crippen molar-refractivity contribution in [3.8, 4) is 0 Å². The van der Waals surface area contributed by atoms with E-state index in [1.165, 1.54) is 75.5 Å². The zero-order valence-corrected chi connectivity index (χ0v) is 14.2. The van der Waals surface area contributed by atoms with Crippen LogP contribution in [0.15, 0.2) is 18.3 Å². The van der Waals surface area contributed by atoms with Crippen LogP contribution in [0.5, 0.6) is 0 Å². The Morgan fingerprint density at radius 2 is 1.52 bits per heavy atom. The van der Waals surface area contributed by atoms with Crippen molar-refractivity contribution in [1.29, 1.82) is 0 Å². The van der Waals surface area contributed by atoms with Crippen molar-refractivity contribution >= 4 is 0 Å². The largest absolute Gasteiger partial charge is 0.311 e. The SMILES string of the molecule is CCCCCCCCCCCCNCc1ncccc1C. The van der Waals surface area contributed by atoms with Gasteiger partial charge >= 0.3 is 0 Å². The summed E-state index contributed by atoms with van der Waals surface area (Å²) in [7, 11) is 0. The molecule has 0 spiro atoms. The maximum absolute atomic E-state index is 4.40. The first kappa shape index (κ1) is 18.2. The fourth-order valence-corrected chi connectivity index (χ4v) is 2.65. The highest BCUT2D eigenvalue weighted by atomic mass is 14.9. The lowest BCUT2D eigenvalue weighted by Crippen LogP contribution is -2.16. The lowest BCUT2D eigenvalue weighted by Gasteiger charge is -2.06. The molecule has 0 radical (unpaired) electrons. The lowest BCUT2D eigenvalue weighted by atomic mass is 10.1. The van der Waals surface area contributed by atoms with E-state index < -0.39 is 0 Å². The molecule has 0 saturated carbocycles. The summed E-state index contributed by atoms with van der Waals surface area (Å²) in [4.78, 5) is 4.40. The molecular formula is C19H34N2. The van der Waals surface area contributed by atoms with Crippen molar-refractivity contribution in [2.45, 2.75) is 84.6 Å². The molecular weight excluding hydrogens is 256 g/mol. The van der Waals surface area contributed by atoms with Gasteiger partial charge in [-0.05, 0) is 31.5 Å². The molecule has 2 nitrogen and oxygen atoms in total. The monoisotopic (exact) mass is 290 g/mol. The normalized spacial score (nSPS) is 11.0. The minimum Gasteiger partial charge on any atom is -0.311 e. The van der Waals surface area contributed by atoms with Gasteiger partial charge in [0.2, 0.25) is 0 Å². The van der Waals surface area contributed by atoms with Crippen LogP contribution in [0, 0.1) is 6.92 Å². The number of hydrogen-bond donors (Lipinski definition) is 1. The Morgan fingerprint density at radius 3 is 2.14 bits per heavy atom. The van der Waals surface area contributed by atoms with Crippen LogP contribution in [0.25, 0.3) is 0 Å². The highest BCUT2D eigenvalue weighted by Crippen LogP contribution is 2.10. The average Bonchev–Trinajstić information content (AvgIpc) is 2.50. The van der Waals surface area contributed by atoms with Crippen LogP contribution in [0.4, 0.5) is 0 Å². The number of aryl methyl sites for hydroxylation is 1. The number of pyridine rings is 1. The zero-order valence-electron chi connectivity index (χ0n) is 14.2. The van der Waals surface area contributed by atoms with E-state index in [-0.39, 0.29) is 0 Å². The van der Waals surface area contributed by atoms with Crippen LogP contribution in [0.2, 0.25) is 0 Å². The van der Waals surface area contributed by atoms with E-state index in [0.29, 0.717) is 0 Å². The third-order valence-corrected chi connectivity index (χ3v) is 4.12. The van der Waals surface area contributed by atoms with E-state index in [9.17, 15) is 0 Å². The van der Waals surface area contributed by atoms with Crippen LogP contribution in [-0.2, 0) is 6.54 Å². The summed E-state index contributed by atoms with van der Waals surface area (Å²) in [5.41, 5.74) is 2.47. The van der Waals surface area contributed by atoms with E-state index in [4.69, 9.17) is 0 Å².